The van der Waals surface area contributed by atoms with E-state index >= 15 is 0 Å². The largest absolute Gasteiger partial charge is 0.417 e. The predicted molar refractivity (Wildman–Crippen MR) is 54.4 cm³/mol. The summed E-state index contributed by atoms with van der Waals surface area (Å²) in [5.41, 5.74) is -1.85. The SMILES string of the molecule is O=Cc1cc(-c2ccn[nH]2)c(C(F)(F)F)cc1F. The van der Waals surface area contributed by atoms with Gasteiger partial charge in [-0.3, -0.25) is 9.89 Å². The molecule has 0 aliphatic carbocycles. The van der Waals surface area contributed by atoms with Crippen LogP contribution < -0.4 is 0 Å². The van der Waals surface area contributed by atoms with Gasteiger partial charge in [0.1, 0.15) is 5.82 Å². The number of hydrogen-bond donors (Lipinski definition) is 1. The lowest BCUT2D eigenvalue weighted by molar-refractivity contribution is -0.137. The number of aromatic amines is 1. The van der Waals surface area contributed by atoms with E-state index in [0.717, 1.165) is 6.07 Å². The summed E-state index contributed by atoms with van der Waals surface area (Å²) in [6.45, 7) is 0. The number of carbonyl (C=O) groups excluding carboxylic acids is 1. The van der Waals surface area contributed by atoms with E-state index < -0.39 is 23.1 Å². The summed E-state index contributed by atoms with van der Waals surface area (Å²) in [6.07, 6.45) is -3.29. The van der Waals surface area contributed by atoms with Crippen molar-refractivity contribution >= 4 is 6.29 Å². The fraction of sp³-hybridized carbons (Fsp3) is 0.0909. The molecule has 0 saturated carbocycles. The number of rotatable bonds is 2. The Balaban J connectivity index is 2.72. The van der Waals surface area contributed by atoms with E-state index in [2.05, 4.69) is 10.2 Å². The van der Waals surface area contributed by atoms with E-state index in [1.54, 1.807) is 0 Å². The number of benzene rings is 1. The highest BCUT2D eigenvalue weighted by atomic mass is 19.4. The van der Waals surface area contributed by atoms with Gasteiger partial charge in [-0.25, -0.2) is 4.39 Å². The van der Waals surface area contributed by atoms with Gasteiger partial charge in [-0.2, -0.15) is 18.3 Å². The normalized spacial score (nSPS) is 11.6. The molecule has 1 aromatic heterocycles. The number of hydrogen-bond acceptors (Lipinski definition) is 2. The average molecular weight is 258 g/mol. The molecule has 7 heteroatoms. The van der Waals surface area contributed by atoms with Crippen LogP contribution in [0.1, 0.15) is 15.9 Å². The molecule has 0 radical (unpaired) electrons. The Hall–Kier alpha value is -2.18. The molecule has 2 rings (SSSR count). The summed E-state index contributed by atoms with van der Waals surface area (Å²) in [5, 5.41) is 5.87. The van der Waals surface area contributed by atoms with Gasteiger partial charge in [0.15, 0.2) is 6.29 Å². The van der Waals surface area contributed by atoms with E-state index in [1.165, 1.54) is 12.3 Å². The highest BCUT2D eigenvalue weighted by Gasteiger charge is 2.35. The molecule has 3 nitrogen and oxygen atoms in total. The maximum Gasteiger partial charge on any atom is 0.417 e. The molecule has 0 saturated heterocycles. The summed E-state index contributed by atoms with van der Waals surface area (Å²) in [7, 11) is 0. The Bertz CT molecular complexity index is 575. The number of halogens is 4. The minimum atomic E-state index is -4.72. The van der Waals surface area contributed by atoms with Crippen molar-refractivity contribution in [2.75, 3.05) is 0 Å². The van der Waals surface area contributed by atoms with E-state index in [-0.39, 0.29) is 17.5 Å². The van der Waals surface area contributed by atoms with Crippen LogP contribution in [0.5, 0.6) is 0 Å². The molecule has 0 unspecified atom stereocenters. The Morgan fingerprint density at radius 1 is 1.28 bits per heavy atom. The van der Waals surface area contributed by atoms with Crippen LogP contribution in [-0.2, 0) is 6.18 Å². The number of nitrogens with one attached hydrogen (secondary N) is 1. The van der Waals surface area contributed by atoms with Crippen molar-refractivity contribution in [2.45, 2.75) is 6.18 Å². The second-order valence-corrected chi connectivity index (χ2v) is 3.51. The molecule has 0 aliphatic rings. The topological polar surface area (TPSA) is 45.8 Å². The number of H-pyrrole nitrogens is 1. The second kappa shape index (κ2) is 4.25. The lowest BCUT2D eigenvalue weighted by Crippen LogP contribution is -2.09. The molecule has 0 fully saturated rings. The first-order valence-corrected chi connectivity index (χ1v) is 4.79. The molecule has 18 heavy (non-hydrogen) atoms. The molecule has 0 amide bonds. The molecule has 94 valence electrons. The molecule has 1 heterocycles. The minimum Gasteiger partial charge on any atom is -0.298 e. The maximum absolute atomic E-state index is 13.2. The van der Waals surface area contributed by atoms with Crippen LogP contribution in [0.3, 0.4) is 0 Å². The third kappa shape index (κ3) is 2.11. The molecule has 0 atom stereocenters. The van der Waals surface area contributed by atoms with Gasteiger partial charge in [-0.1, -0.05) is 0 Å². The fourth-order valence-electron chi connectivity index (χ4n) is 1.54. The van der Waals surface area contributed by atoms with Crippen molar-refractivity contribution in [3.8, 4) is 11.3 Å². The van der Waals surface area contributed by atoms with Crippen LogP contribution in [0.25, 0.3) is 11.3 Å². The van der Waals surface area contributed by atoms with Crippen LogP contribution in [0.2, 0.25) is 0 Å². The van der Waals surface area contributed by atoms with Crippen LogP contribution >= 0.6 is 0 Å². The number of nitrogens with zero attached hydrogens (tertiary/aromatic N) is 1. The summed E-state index contributed by atoms with van der Waals surface area (Å²) < 4.78 is 51.5. The summed E-state index contributed by atoms with van der Waals surface area (Å²) in [5.74, 6) is -1.21. The Morgan fingerprint density at radius 2 is 2.00 bits per heavy atom. The van der Waals surface area contributed by atoms with Crippen molar-refractivity contribution in [2.24, 2.45) is 0 Å². The van der Waals surface area contributed by atoms with Crippen LogP contribution in [0.4, 0.5) is 17.6 Å². The second-order valence-electron chi connectivity index (χ2n) is 3.51. The van der Waals surface area contributed by atoms with Crippen molar-refractivity contribution < 1.29 is 22.4 Å². The quantitative estimate of drug-likeness (QED) is 0.664. The first-order chi connectivity index (χ1) is 8.43. The Morgan fingerprint density at radius 3 is 2.50 bits per heavy atom. The highest BCUT2D eigenvalue weighted by Crippen LogP contribution is 2.37. The van der Waals surface area contributed by atoms with E-state index in [4.69, 9.17) is 0 Å². The van der Waals surface area contributed by atoms with Crippen molar-refractivity contribution in [1.29, 1.82) is 0 Å². The molecule has 0 bridgehead atoms. The van der Waals surface area contributed by atoms with Gasteiger partial charge in [0.05, 0.1) is 16.8 Å². The van der Waals surface area contributed by atoms with E-state index in [0.29, 0.717) is 6.07 Å². The number of alkyl halides is 3. The summed E-state index contributed by atoms with van der Waals surface area (Å²) in [4.78, 5) is 10.6. The van der Waals surface area contributed by atoms with Gasteiger partial charge in [0, 0.05) is 11.8 Å². The number of carbonyl (C=O) groups is 1. The number of aromatic nitrogens is 2. The van der Waals surface area contributed by atoms with Crippen molar-refractivity contribution in [3.63, 3.8) is 0 Å². The van der Waals surface area contributed by atoms with Gasteiger partial charge in [-0.15, -0.1) is 0 Å². The fourth-order valence-corrected chi connectivity index (χ4v) is 1.54. The zero-order valence-electron chi connectivity index (χ0n) is 8.75. The standard InChI is InChI=1S/C11H6F4N2O/c12-9-4-8(11(13,14)15)7(3-6(9)5-18)10-1-2-16-17-10/h1-5H,(H,16,17). The maximum atomic E-state index is 13.2. The molecule has 0 aliphatic heterocycles. The summed E-state index contributed by atoms with van der Waals surface area (Å²) in [6, 6.07) is 2.45. The van der Waals surface area contributed by atoms with E-state index in [9.17, 15) is 22.4 Å². The van der Waals surface area contributed by atoms with Gasteiger partial charge < -0.3 is 0 Å². The lowest BCUT2D eigenvalue weighted by Gasteiger charge is -2.12. The first kappa shape index (κ1) is 12.3. The zero-order valence-corrected chi connectivity index (χ0v) is 8.75. The molecule has 2 aromatic rings. The Labute approximate surface area is 98.4 Å². The van der Waals surface area contributed by atoms with Crippen LogP contribution in [0, 0.1) is 5.82 Å². The number of aldehydes is 1. The first-order valence-electron chi connectivity index (χ1n) is 4.79. The molecular weight excluding hydrogens is 252 g/mol. The molecule has 1 N–H and O–H groups in total. The van der Waals surface area contributed by atoms with Gasteiger partial charge in [-0.05, 0) is 18.2 Å². The third-order valence-corrected chi connectivity index (χ3v) is 2.36. The smallest absolute Gasteiger partial charge is 0.298 e. The molecule has 0 spiro atoms. The minimum absolute atomic E-state index is 0.0606. The monoisotopic (exact) mass is 258 g/mol. The molecule has 1 aromatic carbocycles. The zero-order chi connectivity index (χ0) is 13.3. The van der Waals surface area contributed by atoms with Crippen LogP contribution in [-0.4, -0.2) is 16.5 Å². The van der Waals surface area contributed by atoms with E-state index in [1.807, 2.05) is 0 Å². The van der Waals surface area contributed by atoms with Gasteiger partial charge in [0.2, 0.25) is 0 Å². The predicted octanol–water partition coefficient (Wildman–Crippen LogP) is 3.05. The molecular formula is C11H6F4N2O. The summed E-state index contributed by atoms with van der Waals surface area (Å²) >= 11 is 0. The average Bonchev–Trinajstić information content (AvgIpc) is 2.81. The van der Waals surface area contributed by atoms with Crippen LogP contribution in [0.15, 0.2) is 24.4 Å². The lowest BCUT2D eigenvalue weighted by atomic mass is 10.0. The van der Waals surface area contributed by atoms with Crippen molar-refractivity contribution in [3.05, 3.63) is 41.3 Å². The highest BCUT2D eigenvalue weighted by molar-refractivity contribution is 5.80. The van der Waals surface area contributed by atoms with Crippen molar-refractivity contribution in [1.82, 2.24) is 10.2 Å². The van der Waals surface area contributed by atoms with Gasteiger partial charge >= 0.3 is 6.18 Å². The third-order valence-electron chi connectivity index (χ3n) is 2.36. The Kier molecular flexibility index (Phi) is 2.90. The van der Waals surface area contributed by atoms with Gasteiger partial charge in [0.25, 0.3) is 0 Å².